The van der Waals surface area contributed by atoms with Crippen LogP contribution in [0.5, 0.6) is 0 Å². The van der Waals surface area contributed by atoms with Gasteiger partial charge in [-0.25, -0.2) is 4.79 Å². The monoisotopic (exact) mass is 229 g/mol. The number of rotatable bonds is 4. The van der Waals surface area contributed by atoms with Crippen molar-refractivity contribution in [1.29, 1.82) is 0 Å². The minimum atomic E-state index is -1.20. The van der Waals surface area contributed by atoms with Crippen molar-refractivity contribution >= 4 is 28.8 Å². The van der Waals surface area contributed by atoms with Crippen molar-refractivity contribution in [3.63, 3.8) is 0 Å². The molecule has 0 saturated carbocycles. The van der Waals surface area contributed by atoms with Gasteiger partial charge in [0.1, 0.15) is 0 Å². The zero-order valence-corrected chi connectivity index (χ0v) is 8.80. The first-order valence-electron chi connectivity index (χ1n) is 4.38. The second kappa shape index (κ2) is 4.97. The molecule has 1 aliphatic rings. The topological polar surface area (TPSA) is 83.5 Å². The molecule has 15 heavy (non-hydrogen) atoms. The molecule has 1 fully saturated rings. The van der Waals surface area contributed by atoms with Crippen molar-refractivity contribution < 1.29 is 19.5 Å². The Hall–Kier alpha value is -1.30. The first-order chi connectivity index (χ1) is 7.00. The van der Waals surface area contributed by atoms with Gasteiger partial charge in [0.05, 0.1) is 12.5 Å². The fourth-order valence-electron chi connectivity index (χ4n) is 1.14. The lowest BCUT2D eigenvalue weighted by Gasteiger charge is -2.09. The van der Waals surface area contributed by atoms with Crippen LogP contribution in [0.1, 0.15) is 12.8 Å². The second-order valence-electron chi connectivity index (χ2n) is 3.16. The lowest BCUT2D eigenvalue weighted by Crippen LogP contribution is -2.37. The Labute approximate surface area is 90.9 Å². The number of carboxylic acids is 1. The summed E-state index contributed by atoms with van der Waals surface area (Å²) in [6.45, 7) is 3.24. The number of carbonyl (C=O) groups excluding carboxylic acids is 2. The number of carboxylic acid groups (broad SMARTS) is 1. The van der Waals surface area contributed by atoms with Gasteiger partial charge in [0.15, 0.2) is 0 Å². The zero-order valence-electron chi connectivity index (χ0n) is 7.99. The highest BCUT2D eigenvalue weighted by atomic mass is 32.2. The van der Waals surface area contributed by atoms with Gasteiger partial charge in [0, 0.05) is 11.3 Å². The summed E-state index contributed by atoms with van der Waals surface area (Å²) in [4.78, 5) is 32.8. The molecule has 0 aromatic rings. The van der Waals surface area contributed by atoms with Crippen LogP contribution in [0.15, 0.2) is 12.2 Å². The van der Waals surface area contributed by atoms with E-state index in [1.54, 1.807) is 0 Å². The average molecular weight is 229 g/mol. The van der Waals surface area contributed by atoms with E-state index in [-0.39, 0.29) is 17.1 Å². The van der Waals surface area contributed by atoms with Gasteiger partial charge in [-0.3, -0.25) is 9.59 Å². The van der Waals surface area contributed by atoms with Crippen LogP contribution in [0.4, 0.5) is 0 Å². The summed E-state index contributed by atoms with van der Waals surface area (Å²) in [6, 6.07) is -0.468. The third-order valence-electron chi connectivity index (χ3n) is 1.95. The molecule has 1 heterocycles. The fourth-order valence-corrected chi connectivity index (χ4v) is 2.07. The summed E-state index contributed by atoms with van der Waals surface area (Å²) in [5, 5.41) is 10.9. The molecule has 0 spiro atoms. The van der Waals surface area contributed by atoms with Crippen molar-refractivity contribution in [2.75, 3.05) is 5.75 Å². The summed E-state index contributed by atoms with van der Waals surface area (Å²) >= 11 is 1.18. The van der Waals surface area contributed by atoms with E-state index in [2.05, 4.69) is 11.9 Å². The highest BCUT2D eigenvalue weighted by Gasteiger charge is 2.26. The molecule has 6 heteroatoms. The number of thioether (sulfide) groups is 1. The first kappa shape index (κ1) is 11.8. The molecule has 1 rings (SSSR count). The van der Waals surface area contributed by atoms with E-state index in [4.69, 9.17) is 5.11 Å². The van der Waals surface area contributed by atoms with Crippen LogP contribution in [-0.2, 0) is 14.4 Å². The summed E-state index contributed by atoms with van der Waals surface area (Å²) in [5.41, 5.74) is -0.175. The van der Waals surface area contributed by atoms with Crippen LogP contribution in [0.25, 0.3) is 0 Å². The van der Waals surface area contributed by atoms with Gasteiger partial charge in [0.2, 0.25) is 11.0 Å². The molecule has 0 aliphatic carbocycles. The van der Waals surface area contributed by atoms with Crippen molar-refractivity contribution in [3.05, 3.63) is 12.2 Å². The van der Waals surface area contributed by atoms with E-state index in [9.17, 15) is 14.4 Å². The molecule has 0 radical (unpaired) electrons. The molecule has 0 aromatic heterocycles. The van der Waals surface area contributed by atoms with Gasteiger partial charge in [-0.15, -0.1) is 0 Å². The third-order valence-corrected chi connectivity index (χ3v) is 2.96. The Kier molecular flexibility index (Phi) is 3.90. The number of nitrogens with one attached hydrogen (secondary N) is 1. The molecule has 1 aliphatic heterocycles. The van der Waals surface area contributed by atoms with Crippen LogP contribution < -0.4 is 5.32 Å². The van der Waals surface area contributed by atoms with Crippen LogP contribution in [-0.4, -0.2) is 33.9 Å². The maximum atomic E-state index is 11.3. The van der Waals surface area contributed by atoms with Crippen LogP contribution in [0.2, 0.25) is 0 Å². The Morgan fingerprint density at radius 3 is 2.73 bits per heavy atom. The van der Waals surface area contributed by atoms with Crippen molar-refractivity contribution in [1.82, 2.24) is 5.32 Å². The molecule has 5 nitrogen and oxygen atoms in total. The van der Waals surface area contributed by atoms with E-state index in [1.165, 1.54) is 11.8 Å². The standard InChI is InChI=1S/C9H11NO4S/c1-5(8(12)13)4-7(11)10-6-2-3-15-9(6)14/h6H,1-4H2,(H,10,11)(H,12,13). The molecular formula is C9H11NO4S. The Morgan fingerprint density at radius 2 is 2.27 bits per heavy atom. The van der Waals surface area contributed by atoms with Gasteiger partial charge in [-0.2, -0.15) is 0 Å². The van der Waals surface area contributed by atoms with Crippen molar-refractivity contribution in [3.8, 4) is 0 Å². The summed E-state index contributed by atoms with van der Waals surface area (Å²) in [6.07, 6.45) is 0.332. The number of hydrogen-bond acceptors (Lipinski definition) is 4. The van der Waals surface area contributed by atoms with Gasteiger partial charge < -0.3 is 10.4 Å². The summed E-state index contributed by atoms with van der Waals surface area (Å²) < 4.78 is 0. The van der Waals surface area contributed by atoms with E-state index < -0.39 is 17.9 Å². The molecule has 1 atom stereocenters. The molecule has 1 unspecified atom stereocenters. The van der Waals surface area contributed by atoms with Gasteiger partial charge in [-0.05, 0) is 6.42 Å². The van der Waals surface area contributed by atoms with Crippen LogP contribution in [0.3, 0.4) is 0 Å². The minimum absolute atomic E-state index is 0.0655. The fraction of sp³-hybridized carbons (Fsp3) is 0.444. The van der Waals surface area contributed by atoms with Crippen molar-refractivity contribution in [2.45, 2.75) is 18.9 Å². The number of amides is 1. The predicted octanol–water partition coefficient (Wildman–Crippen LogP) is 0.166. The molecule has 1 amide bonds. The first-order valence-corrected chi connectivity index (χ1v) is 5.36. The maximum Gasteiger partial charge on any atom is 0.331 e. The lowest BCUT2D eigenvalue weighted by molar-refractivity contribution is -0.134. The Bertz CT molecular complexity index is 326. The number of aliphatic carboxylic acids is 1. The molecule has 0 aromatic carbocycles. The zero-order chi connectivity index (χ0) is 11.4. The summed E-state index contributed by atoms with van der Waals surface area (Å²) in [7, 11) is 0. The highest BCUT2D eigenvalue weighted by molar-refractivity contribution is 8.14. The molecule has 0 bridgehead atoms. The Morgan fingerprint density at radius 1 is 1.60 bits per heavy atom. The molecule has 1 saturated heterocycles. The van der Waals surface area contributed by atoms with Crippen molar-refractivity contribution in [2.24, 2.45) is 0 Å². The SMILES string of the molecule is C=C(CC(=O)NC1CCSC1=O)C(=O)O. The lowest BCUT2D eigenvalue weighted by atomic mass is 10.2. The van der Waals surface area contributed by atoms with Crippen LogP contribution >= 0.6 is 11.8 Å². The number of hydrogen-bond donors (Lipinski definition) is 2. The second-order valence-corrected chi connectivity index (χ2v) is 4.26. The largest absolute Gasteiger partial charge is 0.478 e. The quantitative estimate of drug-likeness (QED) is 0.671. The molecule has 82 valence electrons. The molecule has 2 N–H and O–H groups in total. The minimum Gasteiger partial charge on any atom is -0.478 e. The third kappa shape index (κ3) is 3.39. The average Bonchev–Trinajstić information content (AvgIpc) is 2.51. The summed E-state index contributed by atoms with van der Waals surface area (Å²) in [5.74, 6) is -0.968. The smallest absolute Gasteiger partial charge is 0.331 e. The van der Waals surface area contributed by atoms with Gasteiger partial charge in [-0.1, -0.05) is 18.3 Å². The number of carbonyl (C=O) groups is 3. The van der Waals surface area contributed by atoms with Crippen LogP contribution in [0, 0.1) is 0 Å². The predicted molar refractivity (Wildman–Crippen MR) is 55.4 cm³/mol. The van der Waals surface area contributed by atoms with E-state index in [0.29, 0.717) is 12.2 Å². The normalized spacial score (nSPS) is 20.0. The Balaban J connectivity index is 2.39. The van der Waals surface area contributed by atoms with Gasteiger partial charge in [0.25, 0.3) is 0 Å². The van der Waals surface area contributed by atoms with E-state index in [0.717, 1.165) is 0 Å². The van der Waals surface area contributed by atoms with Gasteiger partial charge >= 0.3 is 5.97 Å². The highest BCUT2D eigenvalue weighted by Crippen LogP contribution is 2.19. The van der Waals surface area contributed by atoms with E-state index >= 15 is 0 Å². The molecular weight excluding hydrogens is 218 g/mol. The maximum absolute atomic E-state index is 11.3. The van der Waals surface area contributed by atoms with E-state index in [1.807, 2.05) is 0 Å².